The molecule has 0 bridgehead atoms. The van der Waals surface area contributed by atoms with Crippen LogP contribution in [0.2, 0.25) is 0 Å². The number of aromatic amines is 1. The van der Waals surface area contributed by atoms with Gasteiger partial charge in [0, 0.05) is 25.0 Å². The number of carbonyl (C=O) groups excluding carboxylic acids is 1. The van der Waals surface area contributed by atoms with Gasteiger partial charge in [-0.05, 0) is 32.7 Å². The molecule has 6 heteroatoms. The van der Waals surface area contributed by atoms with Gasteiger partial charge in [0.2, 0.25) is 5.82 Å². The summed E-state index contributed by atoms with van der Waals surface area (Å²) < 4.78 is 0. The van der Waals surface area contributed by atoms with Crippen LogP contribution in [-0.2, 0) is 0 Å². The second kappa shape index (κ2) is 4.68. The zero-order chi connectivity index (χ0) is 12.5. The lowest BCUT2D eigenvalue weighted by Gasteiger charge is -2.23. The summed E-state index contributed by atoms with van der Waals surface area (Å²) in [5.41, 5.74) is 0. The molecule has 6 nitrogen and oxygen atoms in total. The first-order valence-corrected chi connectivity index (χ1v) is 6.67. The van der Waals surface area contributed by atoms with E-state index < -0.39 is 0 Å². The number of amides is 1. The van der Waals surface area contributed by atoms with Gasteiger partial charge < -0.3 is 10.2 Å². The van der Waals surface area contributed by atoms with Crippen molar-refractivity contribution in [1.29, 1.82) is 0 Å². The molecule has 3 rings (SSSR count). The van der Waals surface area contributed by atoms with E-state index in [1.807, 2.05) is 11.9 Å². The second-order valence-electron chi connectivity index (χ2n) is 5.17. The van der Waals surface area contributed by atoms with Crippen molar-refractivity contribution in [3.8, 4) is 0 Å². The molecule has 2 N–H and O–H groups in total. The molecule has 0 aromatic carbocycles. The first kappa shape index (κ1) is 11.6. The third-order valence-corrected chi connectivity index (χ3v) is 3.74. The molecule has 1 atom stereocenters. The van der Waals surface area contributed by atoms with Crippen LogP contribution in [0.5, 0.6) is 0 Å². The molecular weight excluding hydrogens is 230 g/mol. The quantitative estimate of drug-likeness (QED) is 0.815. The van der Waals surface area contributed by atoms with E-state index in [9.17, 15) is 4.79 Å². The van der Waals surface area contributed by atoms with E-state index in [0.29, 0.717) is 11.7 Å². The number of hydrogen-bond acceptors (Lipinski definition) is 4. The normalized spacial score (nSPS) is 23.6. The summed E-state index contributed by atoms with van der Waals surface area (Å²) in [7, 11) is 1.92. The van der Waals surface area contributed by atoms with Gasteiger partial charge in [0.25, 0.3) is 5.91 Å². The zero-order valence-electron chi connectivity index (χ0n) is 10.6. The van der Waals surface area contributed by atoms with Gasteiger partial charge in [-0.25, -0.2) is 4.98 Å². The molecule has 1 aromatic heterocycles. The summed E-state index contributed by atoms with van der Waals surface area (Å²) in [4.78, 5) is 18.6. The van der Waals surface area contributed by atoms with Crippen molar-refractivity contribution >= 4 is 5.91 Å². The molecule has 18 heavy (non-hydrogen) atoms. The topological polar surface area (TPSA) is 73.9 Å². The van der Waals surface area contributed by atoms with Gasteiger partial charge in [0.05, 0.1) is 0 Å². The van der Waals surface area contributed by atoms with Crippen molar-refractivity contribution < 1.29 is 4.79 Å². The van der Waals surface area contributed by atoms with Crippen LogP contribution in [-0.4, -0.2) is 52.2 Å². The highest BCUT2D eigenvalue weighted by atomic mass is 16.2. The lowest BCUT2D eigenvalue weighted by Crippen LogP contribution is -2.41. The summed E-state index contributed by atoms with van der Waals surface area (Å²) in [6, 6.07) is 0.283. The van der Waals surface area contributed by atoms with Crippen LogP contribution >= 0.6 is 0 Å². The number of H-pyrrole nitrogens is 1. The van der Waals surface area contributed by atoms with E-state index in [4.69, 9.17) is 0 Å². The Labute approximate surface area is 106 Å². The SMILES string of the molecule is CNCC1CCCN1C(=O)c1n[nH]c(C2CC2)n1. The summed E-state index contributed by atoms with van der Waals surface area (Å²) in [6.45, 7) is 1.66. The molecule has 2 aliphatic rings. The Morgan fingerprint density at radius 2 is 2.33 bits per heavy atom. The molecule has 2 fully saturated rings. The molecule has 2 heterocycles. The van der Waals surface area contributed by atoms with Crippen molar-refractivity contribution in [3.05, 3.63) is 11.6 Å². The van der Waals surface area contributed by atoms with Gasteiger partial charge in [-0.2, -0.15) is 0 Å². The molecule has 0 spiro atoms. The van der Waals surface area contributed by atoms with E-state index in [1.165, 1.54) is 0 Å². The van der Waals surface area contributed by atoms with Crippen LogP contribution in [0, 0.1) is 0 Å². The third kappa shape index (κ3) is 2.12. The van der Waals surface area contributed by atoms with Gasteiger partial charge in [-0.3, -0.25) is 9.89 Å². The van der Waals surface area contributed by atoms with Gasteiger partial charge in [-0.1, -0.05) is 0 Å². The van der Waals surface area contributed by atoms with E-state index in [0.717, 1.165) is 44.6 Å². The number of nitrogens with one attached hydrogen (secondary N) is 2. The summed E-state index contributed by atoms with van der Waals surface area (Å²) in [5, 5.41) is 10.1. The maximum Gasteiger partial charge on any atom is 0.293 e. The highest BCUT2D eigenvalue weighted by molar-refractivity contribution is 5.90. The van der Waals surface area contributed by atoms with Crippen LogP contribution in [0.4, 0.5) is 0 Å². The van der Waals surface area contributed by atoms with E-state index in [-0.39, 0.29) is 11.9 Å². The van der Waals surface area contributed by atoms with Crippen LogP contribution in [0.1, 0.15) is 48.0 Å². The van der Waals surface area contributed by atoms with Gasteiger partial charge in [-0.15, -0.1) is 5.10 Å². The van der Waals surface area contributed by atoms with Crippen molar-refractivity contribution in [2.45, 2.75) is 37.6 Å². The number of carbonyl (C=O) groups is 1. The maximum absolute atomic E-state index is 12.3. The van der Waals surface area contributed by atoms with Crippen molar-refractivity contribution in [2.75, 3.05) is 20.1 Å². The molecule has 0 radical (unpaired) electrons. The smallest absolute Gasteiger partial charge is 0.293 e. The minimum absolute atomic E-state index is 0.0316. The predicted octanol–water partition coefficient (Wildman–Crippen LogP) is 0.506. The zero-order valence-corrected chi connectivity index (χ0v) is 10.6. The lowest BCUT2D eigenvalue weighted by molar-refractivity contribution is 0.0725. The first-order chi connectivity index (χ1) is 8.79. The molecule has 1 aliphatic heterocycles. The number of likely N-dealkylation sites (N-methyl/N-ethyl adjacent to an activating group) is 1. The van der Waals surface area contributed by atoms with E-state index in [2.05, 4.69) is 20.5 Å². The molecule has 1 aromatic rings. The average Bonchev–Trinajstić information content (AvgIpc) is 2.93. The highest BCUT2D eigenvalue weighted by Crippen LogP contribution is 2.37. The van der Waals surface area contributed by atoms with Crippen LogP contribution in [0.15, 0.2) is 0 Å². The maximum atomic E-state index is 12.3. The lowest BCUT2D eigenvalue weighted by atomic mass is 10.2. The first-order valence-electron chi connectivity index (χ1n) is 6.67. The summed E-state index contributed by atoms with van der Waals surface area (Å²) >= 11 is 0. The average molecular weight is 249 g/mol. The van der Waals surface area contributed by atoms with Crippen molar-refractivity contribution in [3.63, 3.8) is 0 Å². The minimum Gasteiger partial charge on any atom is -0.332 e. The standard InChI is InChI=1S/C12H19N5O/c1-13-7-9-3-2-6-17(9)12(18)11-14-10(15-16-11)8-4-5-8/h8-9,13H,2-7H2,1H3,(H,14,15,16). The number of hydrogen-bond donors (Lipinski definition) is 2. The van der Waals surface area contributed by atoms with E-state index >= 15 is 0 Å². The minimum atomic E-state index is -0.0316. The third-order valence-electron chi connectivity index (χ3n) is 3.74. The van der Waals surface area contributed by atoms with Crippen molar-refractivity contribution in [1.82, 2.24) is 25.4 Å². The Hall–Kier alpha value is -1.43. The molecule has 1 saturated heterocycles. The Bertz CT molecular complexity index is 439. The van der Waals surface area contributed by atoms with Crippen LogP contribution in [0.3, 0.4) is 0 Å². The van der Waals surface area contributed by atoms with Crippen LogP contribution in [0.25, 0.3) is 0 Å². The fraction of sp³-hybridized carbons (Fsp3) is 0.750. The fourth-order valence-corrected chi connectivity index (χ4v) is 2.59. The Balaban J connectivity index is 1.71. The number of nitrogens with zero attached hydrogens (tertiary/aromatic N) is 3. The number of rotatable bonds is 4. The van der Waals surface area contributed by atoms with Crippen molar-refractivity contribution in [2.24, 2.45) is 0 Å². The number of likely N-dealkylation sites (tertiary alicyclic amines) is 1. The number of aromatic nitrogens is 3. The molecule has 1 unspecified atom stereocenters. The molecule has 98 valence electrons. The largest absolute Gasteiger partial charge is 0.332 e. The molecule has 1 amide bonds. The molecule has 1 aliphatic carbocycles. The Morgan fingerprint density at radius 1 is 1.50 bits per heavy atom. The molecular formula is C12H19N5O. The monoisotopic (exact) mass is 249 g/mol. The summed E-state index contributed by atoms with van der Waals surface area (Å²) in [6.07, 6.45) is 4.45. The Morgan fingerprint density at radius 3 is 3.06 bits per heavy atom. The predicted molar refractivity (Wildman–Crippen MR) is 66.3 cm³/mol. The summed E-state index contributed by atoms with van der Waals surface area (Å²) in [5.74, 6) is 1.68. The van der Waals surface area contributed by atoms with Crippen LogP contribution < -0.4 is 5.32 Å². The highest BCUT2D eigenvalue weighted by Gasteiger charge is 2.33. The van der Waals surface area contributed by atoms with E-state index in [1.54, 1.807) is 0 Å². The van der Waals surface area contributed by atoms with Gasteiger partial charge >= 0.3 is 0 Å². The van der Waals surface area contributed by atoms with Gasteiger partial charge in [0.1, 0.15) is 5.82 Å². The Kier molecular flexibility index (Phi) is 3.03. The molecule has 1 saturated carbocycles. The second-order valence-corrected chi connectivity index (χ2v) is 5.17. The van der Waals surface area contributed by atoms with Gasteiger partial charge in [0.15, 0.2) is 0 Å². The fourth-order valence-electron chi connectivity index (χ4n) is 2.59.